The van der Waals surface area contributed by atoms with Crippen molar-refractivity contribution in [3.63, 3.8) is 0 Å². The molecule has 0 unspecified atom stereocenters. The van der Waals surface area contributed by atoms with Crippen molar-refractivity contribution < 1.29 is 9.53 Å². The third kappa shape index (κ3) is 3.58. The Morgan fingerprint density at radius 3 is 2.50 bits per heavy atom. The maximum Gasteiger partial charge on any atom is 0.256 e. The molecule has 1 amide bonds. The fraction of sp³-hybridized carbons (Fsp3) is 0.0833. The predicted molar refractivity (Wildman–Crippen MR) is 122 cm³/mol. The number of nitrogens with zero attached hydrogens (tertiary/aromatic N) is 5. The Balaban J connectivity index is 1.49. The Morgan fingerprint density at radius 1 is 1.03 bits per heavy atom. The second kappa shape index (κ2) is 7.99. The fourth-order valence-corrected chi connectivity index (χ4v) is 3.53. The number of fused-ring (bicyclic) bond motifs is 1. The molecule has 0 atom stereocenters. The van der Waals surface area contributed by atoms with Gasteiger partial charge in [0.15, 0.2) is 5.65 Å². The number of amides is 1. The van der Waals surface area contributed by atoms with E-state index in [1.807, 2.05) is 67.8 Å². The number of nitrogens with one attached hydrogen (secondary N) is 1. The molecular formula is C24H20N6O2. The number of rotatable bonds is 5. The number of hydrogen-bond acceptors (Lipinski definition) is 5. The Bertz CT molecular complexity index is 1390. The average molecular weight is 424 g/mol. The molecule has 8 heteroatoms. The molecule has 3 aromatic heterocycles. The standard InChI is InChI=1S/C24H20N6O2/c1-29-23-21(15-26-29)20(14-22(28-23)16-4-10-19(32-2)11-5-16)24(31)27-17-6-8-18(9-7-17)30-13-3-12-25-30/h3-15H,1-2H3,(H,27,31). The van der Waals surface area contributed by atoms with Crippen LogP contribution in [0, 0.1) is 0 Å². The number of aryl methyl sites for hydroxylation is 1. The van der Waals surface area contributed by atoms with E-state index < -0.39 is 0 Å². The lowest BCUT2D eigenvalue weighted by Gasteiger charge is -2.10. The van der Waals surface area contributed by atoms with Crippen molar-refractivity contribution in [1.82, 2.24) is 24.5 Å². The van der Waals surface area contributed by atoms with Gasteiger partial charge < -0.3 is 10.1 Å². The van der Waals surface area contributed by atoms with Crippen LogP contribution in [0.2, 0.25) is 0 Å². The Kier molecular flexibility index (Phi) is 4.87. The summed E-state index contributed by atoms with van der Waals surface area (Å²) >= 11 is 0. The smallest absolute Gasteiger partial charge is 0.256 e. The van der Waals surface area contributed by atoms with Gasteiger partial charge >= 0.3 is 0 Å². The zero-order valence-electron chi connectivity index (χ0n) is 17.6. The van der Waals surface area contributed by atoms with Crippen LogP contribution in [-0.4, -0.2) is 37.6 Å². The maximum absolute atomic E-state index is 13.2. The molecule has 5 rings (SSSR count). The lowest BCUT2D eigenvalue weighted by atomic mass is 10.1. The van der Waals surface area contributed by atoms with Crippen LogP contribution in [0.25, 0.3) is 28.0 Å². The zero-order valence-corrected chi connectivity index (χ0v) is 17.6. The molecule has 0 saturated heterocycles. The minimum absolute atomic E-state index is 0.230. The summed E-state index contributed by atoms with van der Waals surface area (Å²) in [5, 5.41) is 12.2. The second-order valence-corrected chi connectivity index (χ2v) is 7.24. The first-order valence-corrected chi connectivity index (χ1v) is 10.0. The Hall–Kier alpha value is -4.46. The highest BCUT2D eigenvalue weighted by Gasteiger charge is 2.17. The normalized spacial score (nSPS) is 10.9. The van der Waals surface area contributed by atoms with Gasteiger partial charge in [0.1, 0.15) is 5.75 Å². The lowest BCUT2D eigenvalue weighted by Crippen LogP contribution is -2.13. The van der Waals surface area contributed by atoms with Gasteiger partial charge in [0, 0.05) is 30.7 Å². The number of pyridine rings is 1. The molecule has 0 radical (unpaired) electrons. The first-order valence-electron chi connectivity index (χ1n) is 10.0. The maximum atomic E-state index is 13.2. The summed E-state index contributed by atoms with van der Waals surface area (Å²) in [6.45, 7) is 0. The number of hydrogen-bond donors (Lipinski definition) is 1. The predicted octanol–water partition coefficient (Wildman–Crippen LogP) is 4.08. The van der Waals surface area contributed by atoms with Gasteiger partial charge in [0.25, 0.3) is 5.91 Å². The van der Waals surface area contributed by atoms with Crippen LogP contribution in [-0.2, 0) is 7.05 Å². The molecule has 158 valence electrons. The van der Waals surface area contributed by atoms with Gasteiger partial charge in [-0.05, 0) is 60.7 Å². The van der Waals surface area contributed by atoms with E-state index in [0.29, 0.717) is 28.0 Å². The molecule has 0 aliphatic heterocycles. The number of anilines is 1. The third-order valence-electron chi connectivity index (χ3n) is 5.23. The number of aromatic nitrogens is 5. The highest BCUT2D eigenvalue weighted by Crippen LogP contribution is 2.27. The largest absolute Gasteiger partial charge is 0.497 e. The molecule has 0 spiro atoms. The van der Waals surface area contributed by atoms with Crippen molar-refractivity contribution in [3.8, 4) is 22.7 Å². The van der Waals surface area contributed by atoms with Gasteiger partial charge in [-0.25, -0.2) is 9.67 Å². The van der Waals surface area contributed by atoms with Crippen molar-refractivity contribution in [2.45, 2.75) is 0 Å². The van der Waals surface area contributed by atoms with Gasteiger partial charge in [-0.2, -0.15) is 10.2 Å². The summed E-state index contributed by atoms with van der Waals surface area (Å²) in [6.07, 6.45) is 5.25. The number of benzene rings is 2. The van der Waals surface area contributed by atoms with E-state index in [4.69, 9.17) is 9.72 Å². The van der Waals surface area contributed by atoms with Gasteiger partial charge in [-0.1, -0.05) is 0 Å². The molecule has 3 heterocycles. The minimum Gasteiger partial charge on any atom is -0.497 e. The van der Waals surface area contributed by atoms with Gasteiger partial charge in [-0.15, -0.1) is 0 Å². The molecule has 32 heavy (non-hydrogen) atoms. The summed E-state index contributed by atoms with van der Waals surface area (Å²) in [6, 6.07) is 18.7. The summed E-state index contributed by atoms with van der Waals surface area (Å²) in [5.41, 5.74) is 4.30. The Morgan fingerprint density at radius 2 is 1.81 bits per heavy atom. The van der Waals surface area contributed by atoms with Crippen molar-refractivity contribution in [2.75, 3.05) is 12.4 Å². The van der Waals surface area contributed by atoms with Crippen LogP contribution in [0.3, 0.4) is 0 Å². The molecule has 2 aromatic carbocycles. The van der Waals surface area contributed by atoms with E-state index in [1.54, 1.807) is 34.9 Å². The summed E-state index contributed by atoms with van der Waals surface area (Å²) < 4.78 is 8.66. The van der Waals surface area contributed by atoms with Crippen molar-refractivity contribution in [2.24, 2.45) is 7.05 Å². The quantitative estimate of drug-likeness (QED) is 0.459. The Labute approximate surface area is 184 Å². The topological polar surface area (TPSA) is 86.9 Å². The number of carbonyl (C=O) groups is 1. The molecule has 8 nitrogen and oxygen atoms in total. The summed E-state index contributed by atoms with van der Waals surface area (Å²) in [4.78, 5) is 17.9. The monoisotopic (exact) mass is 424 g/mol. The van der Waals surface area contributed by atoms with E-state index in [1.165, 1.54) is 0 Å². The molecule has 5 aromatic rings. The lowest BCUT2D eigenvalue weighted by molar-refractivity contribution is 0.102. The minimum atomic E-state index is -0.230. The van der Waals surface area contributed by atoms with Crippen LogP contribution in [0.15, 0.2) is 79.3 Å². The highest BCUT2D eigenvalue weighted by molar-refractivity contribution is 6.12. The zero-order chi connectivity index (χ0) is 22.1. The molecule has 0 fully saturated rings. The molecule has 0 saturated carbocycles. The average Bonchev–Trinajstić information content (AvgIpc) is 3.50. The van der Waals surface area contributed by atoms with Crippen LogP contribution in [0.1, 0.15) is 10.4 Å². The molecule has 0 aliphatic carbocycles. The third-order valence-corrected chi connectivity index (χ3v) is 5.23. The number of carbonyl (C=O) groups excluding carboxylic acids is 1. The van der Waals surface area contributed by atoms with Crippen molar-refractivity contribution in [1.29, 1.82) is 0 Å². The van der Waals surface area contributed by atoms with E-state index in [-0.39, 0.29) is 5.91 Å². The summed E-state index contributed by atoms with van der Waals surface area (Å²) in [5.74, 6) is 0.527. The first-order chi connectivity index (χ1) is 15.6. The number of methoxy groups -OCH3 is 1. The molecule has 1 N–H and O–H groups in total. The second-order valence-electron chi connectivity index (χ2n) is 7.24. The fourth-order valence-electron chi connectivity index (χ4n) is 3.53. The highest BCUT2D eigenvalue weighted by atomic mass is 16.5. The van der Waals surface area contributed by atoms with Gasteiger partial charge in [-0.3, -0.25) is 9.48 Å². The first kappa shape index (κ1) is 19.5. The number of ether oxygens (including phenoxy) is 1. The van der Waals surface area contributed by atoms with Crippen molar-refractivity contribution >= 4 is 22.6 Å². The van der Waals surface area contributed by atoms with E-state index >= 15 is 0 Å². The van der Waals surface area contributed by atoms with Crippen LogP contribution in [0.4, 0.5) is 5.69 Å². The van der Waals surface area contributed by atoms with E-state index in [2.05, 4.69) is 15.5 Å². The molecular weight excluding hydrogens is 404 g/mol. The van der Waals surface area contributed by atoms with E-state index in [9.17, 15) is 4.79 Å². The van der Waals surface area contributed by atoms with Gasteiger partial charge in [0.2, 0.25) is 0 Å². The van der Waals surface area contributed by atoms with Crippen LogP contribution >= 0.6 is 0 Å². The van der Waals surface area contributed by atoms with Crippen molar-refractivity contribution in [3.05, 3.63) is 84.8 Å². The molecule has 0 bridgehead atoms. The van der Waals surface area contributed by atoms with E-state index in [0.717, 1.165) is 17.0 Å². The molecule has 0 aliphatic rings. The summed E-state index contributed by atoms with van der Waals surface area (Å²) in [7, 11) is 3.43. The van der Waals surface area contributed by atoms with Gasteiger partial charge in [0.05, 0.1) is 35.6 Å². The van der Waals surface area contributed by atoms with Crippen LogP contribution in [0.5, 0.6) is 5.75 Å². The van der Waals surface area contributed by atoms with Crippen LogP contribution < -0.4 is 10.1 Å². The SMILES string of the molecule is COc1ccc(-c2cc(C(=O)Nc3ccc(-n4cccn4)cc3)c3cnn(C)c3n2)cc1.